The van der Waals surface area contributed by atoms with E-state index in [2.05, 4.69) is 15.0 Å². The quantitative estimate of drug-likeness (QED) is 0.471. The number of H-pyrrole nitrogens is 1. The maximum atomic E-state index is 14.9. The summed E-state index contributed by atoms with van der Waals surface area (Å²) in [6.45, 7) is 0. The third kappa shape index (κ3) is 2.41. The first kappa shape index (κ1) is 18.6. The van der Waals surface area contributed by atoms with Crippen molar-refractivity contribution >= 4 is 39.6 Å². The van der Waals surface area contributed by atoms with Gasteiger partial charge in [-0.1, -0.05) is 11.6 Å². The monoisotopic (exact) mass is 451 g/mol. The van der Waals surface area contributed by atoms with Crippen LogP contribution < -0.4 is 0 Å². The number of carboxylic acids is 1. The molecule has 6 atom stereocenters. The van der Waals surface area contributed by atoms with E-state index < -0.39 is 17.7 Å². The summed E-state index contributed by atoms with van der Waals surface area (Å²) in [5.41, 5.74) is 1.81. The van der Waals surface area contributed by atoms with Crippen LogP contribution in [0.5, 0.6) is 0 Å². The number of halogens is 2. The van der Waals surface area contributed by atoms with Crippen molar-refractivity contribution in [2.75, 3.05) is 0 Å². The summed E-state index contributed by atoms with van der Waals surface area (Å²) in [4.78, 5) is 28.8. The zero-order valence-electron chi connectivity index (χ0n) is 16.9. The Bertz CT molecular complexity index is 1430. The number of carboxylic acid groups (broad SMARTS) is 1. The fourth-order valence-electron chi connectivity index (χ4n) is 6.64. The summed E-state index contributed by atoms with van der Waals surface area (Å²) in [6, 6.07) is 1.50. The zero-order valence-corrected chi connectivity index (χ0v) is 17.6. The Labute approximate surface area is 186 Å². The van der Waals surface area contributed by atoms with Crippen LogP contribution in [0.4, 0.5) is 4.39 Å². The van der Waals surface area contributed by atoms with Crippen molar-refractivity contribution in [1.29, 1.82) is 0 Å². The summed E-state index contributed by atoms with van der Waals surface area (Å²) < 4.78 is 16.7. The molecule has 4 heterocycles. The molecule has 0 aliphatic heterocycles. The number of nitrogens with one attached hydrogen (secondary N) is 1. The number of aliphatic carboxylic acids is 1. The SMILES string of the molecule is O=C(O)[C@H]1[C@H]2CC[C@H]([C@H]3C[C@H]32)[C@@H]1n1cc(F)c2cnc(-c3c[nH]c4ncc(Cl)cc34)nc21. The highest BCUT2D eigenvalue weighted by atomic mass is 35.5. The van der Waals surface area contributed by atoms with Crippen LogP contribution in [0.15, 0.2) is 30.9 Å². The lowest BCUT2D eigenvalue weighted by Gasteiger charge is -2.47. The number of hydrogen-bond donors (Lipinski definition) is 2. The van der Waals surface area contributed by atoms with Crippen molar-refractivity contribution < 1.29 is 14.3 Å². The minimum Gasteiger partial charge on any atom is -0.481 e. The maximum absolute atomic E-state index is 14.9. The van der Waals surface area contributed by atoms with Crippen LogP contribution in [0.25, 0.3) is 33.5 Å². The number of aromatic amines is 1. The Morgan fingerprint density at radius 2 is 1.97 bits per heavy atom. The summed E-state index contributed by atoms with van der Waals surface area (Å²) in [6.07, 6.45) is 9.27. The van der Waals surface area contributed by atoms with Crippen molar-refractivity contribution in [3.8, 4) is 11.4 Å². The van der Waals surface area contributed by atoms with Gasteiger partial charge in [0.25, 0.3) is 0 Å². The number of fused-ring (bicyclic) bond motifs is 4. The van der Waals surface area contributed by atoms with E-state index in [4.69, 9.17) is 16.6 Å². The van der Waals surface area contributed by atoms with Crippen LogP contribution in [0, 0.1) is 35.4 Å². The second kappa shape index (κ2) is 6.28. The molecule has 162 valence electrons. The Morgan fingerprint density at radius 3 is 2.81 bits per heavy atom. The van der Waals surface area contributed by atoms with Gasteiger partial charge in [0.05, 0.1) is 22.4 Å². The molecule has 7 nitrogen and oxygen atoms in total. The van der Waals surface area contributed by atoms with Gasteiger partial charge in [0.1, 0.15) is 11.3 Å². The molecule has 0 radical (unpaired) electrons. The first-order chi connectivity index (χ1) is 15.5. The number of carbonyl (C=O) groups is 1. The lowest BCUT2D eigenvalue weighted by Crippen LogP contribution is -2.46. The van der Waals surface area contributed by atoms with Gasteiger partial charge in [-0.25, -0.2) is 19.3 Å². The Hall–Kier alpha value is -3.00. The molecule has 4 fully saturated rings. The highest BCUT2D eigenvalue weighted by Crippen LogP contribution is 2.67. The molecule has 2 bridgehead atoms. The van der Waals surface area contributed by atoms with Gasteiger partial charge in [-0.2, -0.15) is 0 Å². The van der Waals surface area contributed by atoms with Crippen LogP contribution >= 0.6 is 11.6 Å². The largest absolute Gasteiger partial charge is 0.481 e. The minimum atomic E-state index is -0.788. The molecule has 4 aromatic heterocycles. The molecule has 0 amide bonds. The lowest BCUT2D eigenvalue weighted by molar-refractivity contribution is -0.151. The molecule has 2 N–H and O–H groups in total. The molecular weight excluding hydrogens is 433 g/mol. The van der Waals surface area contributed by atoms with Crippen LogP contribution in [0.2, 0.25) is 5.02 Å². The topological polar surface area (TPSA) is 96.7 Å². The van der Waals surface area contributed by atoms with Crippen molar-refractivity contribution in [2.24, 2.45) is 29.6 Å². The van der Waals surface area contributed by atoms with Crippen LogP contribution in [-0.2, 0) is 4.79 Å². The lowest BCUT2D eigenvalue weighted by atomic mass is 9.61. The standard InChI is InChI=1S/C23H19ClFN5O2/c24-9-3-14-15(6-27-20(14)26-5-9)21-28-7-16-17(25)8-30(22(16)29-21)19-11-2-1-10(12-4-13(11)12)18(19)23(31)32/h3,5-8,10-13,18-19H,1-2,4H2,(H,26,27)(H,31,32)/t10-,11+,12-,13+,18-,19-/m0/s1. The Balaban J connectivity index is 1.41. The third-order valence-corrected chi connectivity index (χ3v) is 8.17. The molecule has 4 aliphatic rings. The predicted molar refractivity (Wildman–Crippen MR) is 116 cm³/mol. The molecule has 32 heavy (non-hydrogen) atoms. The average molecular weight is 452 g/mol. The summed E-state index contributed by atoms with van der Waals surface area (Å²) in [5, 5.41) is 11.7. The van der Waals surface area contributed by atoms with E-state index in [1.54, 1.807) is 23.0 Å². The van der Waals surface area contributed by atoms with Crippen molar-refractivity contribution in [2.45, 2.75) is 25.3 Å². The minimum absolute atomic E-state index is 0.163. The molecule has 0 unspecified atom stereocenters. The van der Waals surface area contributed by atoms with Gasteiger partial charge in [-0.05, 0) is 49.0 Å². The fourth-order valence-corrected chi connectivity index (χ4v) is 6.80. The zero-order chi connectivity index (χ0) is 21.7. The van der Waals surface area contributed by atoms with Gasteiger partial charge < -0.3 is 14.7 Å². The Morgan fingerprint density at radius 1 is 1.16 bits per heavy atom. The first-order valence-electron chi connectivity index (χ1n) is 10.9. The number of nitrogens with zero attached hydrogens (tertiary/aromatic N) is 4. The highest BCUT2D eigenvalue weighted by molar-refractivity contribution is 6.31. The van der Waals surface area contributed by atoms with Crippen molar-refractivity contribution in [3.63, 3.8) is 0 Å². The van der Waals surface area contributed by atoms with E-state index in [-0.39, 0.29) is 17.9 Å². The van der Waals surface area contributed by atoms with Gasteiger partial charge in [-0.3, -0.25) is 4.79 Å². The highest BCUT2D eigenvalue weighted by Gasteiger charge is 2.63. The number of pyridine rings is 1. The summed E-state index contributed by atoms with van der Waals surface area (Å²) in [7, 11) is 0. The Kier molecular flexibility index (Phi) is 3.64. The molecule has 4 aromatic rings. The second-order valence-corrected chi connectivity index (χ2v) is 9.83. The first-order valence-corrected chi connectivity index (χ1v) is 11.3. The molecule has 8 rings (SSSR count). The summed E-state index contributed by atoms with van der Waals surface area (Å²) in [5.74, 6) is 0.180. The van der Waals surface area contributed by atoms with Crippen molar-refractivity contribution in [1.82, 2.24) is 24.5 Å². The summed E-state index contributed by atoms with van der Waals surface area (Å²) >= 11 is 6.13. The van der Waals surface area contributed by atoms with E-state index in [9.17, 15) is 14.3 Å². The molecule has 9 heteroatoms. The third-order valence-electron chi connectivity index (χ3n) is 7.96. The molecule has 4 saturated carbocycles. The van der Waals surface area contributed by atoms with Gasteiger partial charge in [-0.15, -0.1) is 0 Å². The predicted octanol–water partition coefficient (Wildman–Crippen LogP) is 4.68. The van der Waals surface area contributed by atoms with Crippen LogP contribution in [-0.4, -0.2) is 35.6 Å². The van der Waals surface area contributed by atoms with Gasteiger partial charge >= 0.3 is 5.97 Å². The van der Waals surface area contributed by atoms with Crippen LogP contribution in [0.1, 0.15) is 25.3 Å². The van der Waals surface area contributed by atoms with Gasteiger partial charge in [0, 0.05) is 35.7 Å². The fraction of sp³-hybridized carbons (Fsp3) is 0.391. The van der Waals surface area contributed by atoms with Crippen LogP contribution in [0.3, 0.4) is 0 Å². The number of rotatable bonds is 3. The average Bonchev–Trinajstić information content (AvgIpc) is 3.43. The smallest absolute Gasteiger partial charge is 0.308 e. The van der Waals surface area contributed by atoms with Crippen molar-refractivity contribution in [3.05, 3.63) is 41.7 Å². The maximum Gasteiger partial charge on any atom is 0.308 e. The normalized spacial score (nSPS) is 30.7. The van der Waals surface area contributed by atoms with E-state index in [0.29, 0.717) is 44.9 Å². The molecule has 0 aromatic carbocycles. The van der Waals surface area contributed by atoms with E-state index in [0.717, 1.165) is 24.6 Å². The van der Waals surface area contributed by atoms with Gasteiger partial charge in [0.2, 0.25) is 0 Å². The molecule has 4 aliphatic carbocycles. The second-order valence-electron chi connectivity index (χ2n) is 9.39. The molecular formula is C23H19ClFN5O2. The van der Waals surface area contributed by atoms with E-state index in [1.165, 1.54) is 12.4 Å². The van der Waals surface area contributed by atoms with E-state index >= 15 is 0 Å². The molecule has 0 spiro atoms. The van der Waals surface area contributed by atoms with E-state index in [1.807, 2.05) is 0 Å². The number of aromatic nitrogens is 5. The van der Waals surface area contributed by atoms with Gasteiger partial charge in [0.15, 0.2) is 11.6 Å². The molecule has 0 saturated heterocycles. The number of hydrogen-bond acceptors (Lipinski definition) is 4.